The molecular weight excluding hydrogens is 262 g/mol. The molecule has 0 aliphatic carbocycles. The molecule has 0 bridgehead atoms. The molecule has 2 N–H and O–H groups in total. The molecule has 2 fully saturated rings. The Morgan fingerprint density at radius 2 is 2.05 bits per heavy atom. The zero-order chi connectivity index (χ0) is 14.5. The maximum Gasteiger partial charge on any atom is 0.326 e. The first-order valence-corrected chi connectivity index (χ1v) is 7.22. The summed E-state index contributed by atoms with van der Waals surface area (Å²) < 4.78 is 5.33. The second-order valence-electron chi connectivity index (χ2n) is 5.29. The number of carboxylic acid groups (broad SMARTS) is 1. The summed E-state index contributed by atoms with van der Waals surface area (Å²) in [6, 6.07) is -0.700. The number of hydrogen-bond acceptors (Lipinski definition) is 4. The lowest BCUT2D eigenvalue weighted by molar-refractivity contribution is -0.139. The van der Waals surface area contributed by atoms with Crippen LogP contribution in [0.1, 0.15) is 19.8 Å². The summed E-state index contributed by atoms with van der Waals surface area (Å²) in [5, 5.41) is 11.5. The van der Waals surface area contributed by atoms with E-state index in [0.717, 1.165) is 32.7 Å². The average molecular weight is 285 g/mol. The molecule has 0 saturated carbocycles. The van der Waals surface area contributed by atoms with Crippen molar-refractivity contribution in [1.82, 2.24) is 15.1 Å². The molecule has 7 heteroatoms. The van der Waals surface area contributed by atoms with Gasteiger partial charge in [0.2, 0.25) is 0 Å². The Labute approximate surface area is 118 Å². The minimum Gasteiger partial charge on any atom is -0.480 e. The minimum atomic E-state index is -0.982. The lowest BCUT2D eigenvalue weighted by atomic mass is 10.2. The zero-order valence-corrected chi connectivity index (χ0v) is 11.9. The first kappa shape index (κ1) is 15.1. The van der Waals surface area contributed by atoms with Crippen molar-refractivity contribution in [3.63, 3.8) is 0 Å². The third kappa shape index (κ3) is 3.61. The molecule has 2 atom stereocenters. The predicted molar refractivity (Wildman–Crippen MR) is 72.6 cm³/mol. The molecule has 2 amide bonds. The van der Waals surface area contributed by atoms with Crippen LogP contribution in [0.4, 0.5) is 4.79 Å². The fourth-order valence-corrected chi connectivity index (χ4v) is 2.75. The van der Waals surface area contributed by atoms with Crippen molar-refractivity contribution < 1.29 is 19.4 Å². The molecule has 1 unspecified atom stereocenters. The number of hydrogen-bond donors (Lipinski definition) is 2. The predicted octanol–water partition coefficient (Wildman–Crippen LogP) is -0.0343. The Morgan fingerprint density at radius 1 is 1.35 bits per heavy atom. The van der Waals surface area contributed by atoms with Crippen molar-refractivity contribution in [2.24, 2.45) is 0 Å². The molecule has 0 aromatic rings. The largest absolute Gasteiger partial charge is 0.480 e. The Kier molecular flexibility index (Phi) is 5.19. The maximum absolute atomic E-state index is 12.1. The first-order chi connectivity index (χ1) is 9.61. The number of likely N-dealkylation sites (tertiary alicyclic amines) is 1. The highest BCUT2D eigenvalue weighted by Gasteiger charge is 2.32. The fraction of sp³-hybridized carbons (Fsp3) is 0.846. The number of carboxylic acids is 1. The van der Waals surface area contributed by atoms with E-state index in [-0.39, 0.29) is 6.03 Å². The van der Waals surface area contributed by atoms with Crippen LogP contribution in [0.2, 0.25) is 0 Å². The second-order valence-corrected chi connectivity index (χ2v) is 5.29. The van der Waals surface area contributed by atoms with E-state index in [2.05, 4.69) is 10.2 Å². The molecule has 0 aromatic carbocycles. The Balaban J connectivity index is 1.82. The van der Waals surface area contributed by atoms with Crippen molar-refractivity contribution in [3.8, 4) is 0 Å². The number of carbonyl (C=O) groups excluding carboxylic acids is 1. The Bertz CT molecular complexity index is 358. The standard InChI is InChI=1S/C13H23N3O4/c1-2-11(12(17)18)14-13(19)16-4-3-10(9-16)15-5-7-20-8-6-15/h10-11H,2-9H2,1H3,(H,14,19)(H,17,18)/t10?,11-/m0/s1. The van der Waals surface area contributed by atoms with Crippen LogP contribution >= 0.6 is 0 Å². The van der Waals surface area contributed by atoms with E-state index < -0.39 is 12.0 Å². The summed E-state index contributed by atoms with van der Waals surface area (Å²) in [4.78, 5) is 27.1. The molecule has 2 rings (SSSR count). The highest BCUT2D eigenvalue weighted by atomic mass is 16.5. The van der Waals surface area contributed by atoms with E-state index in [0.29, 0.717) is 25.6 Å². The molecule has 2 aliphatic heterocycles. The van der Waals surface area contributed by atoms with Gasteiger partial charge in [0.1, 0.15) is 6.04 Å². The number of urea groups is 1. The van der Waals surface area contributed by atoms with Gasteiger partial charge in [0.15, 0.2) is 0 Å². The molecule has 0 spiro atoms. The Hall–Kier alpha value is -1.34. The average Bonchev–Trinajstić information content (AvgIpc) is 2.95. The normalized spacial score (nSPS) is 25.4. The number of amides is 2. The van der Waals surface area contributed by atoms with Gasteiger partial charge in [-0.25, -0.2) is 9.59 Å². The smallest absolute Gasteiger partial charge is 0.326 e. The minimum absolute atomic E-state index is 0.269. The van der Waals surface area contributed by atoms with E-state index in [1.807, 2.05) is 0 Å². The summed E-state index contributed by atoms with van der Waals surface area (Å²) in [5.74, 6) is -0.982. The highest BCUT2D eigenvalue weighted by molar-refractivity contribution is 5.82. The third-order valence-corrected chi connectivity index (χ3v) is 4.02. The van der Waals surface area contributed by atoms with E-state index in [9.17, 15) is 9.59 Å². The lowest BCUT2D eigenvalue weighted by Gasteiger charge is -2.32. The number of nitrogens with zero attached hydrogens (tertiary/aromatic N) is 2. The fourth-order valence-electron chi connectivity index (χ4n) is 2.75. The van der Waals surface area contributed by atoms with Crippen LogP contribution in [0.15, 0.2) is 0 Å². The topological polar surface area (TPSA) is 82.1 Å². The molecular formula is C13H23N3O4. The van der Waals surface area contributed by atoms with Crippen LogP contribution < -0.4 is 5.32 Å². The monoisotopic (exact) mass is 285 g/mol. The van der Waals surface area contributed by atoms with Gasteiger partial charge in [-0.3, -0.25) is 4.90 Å². The molecule has 2 aliphatic rings. The van der Waals surface area contributed by atoms with Gasteiger partial charge in [-0.2, -0.15) is 0 Å². The summed E-state index contributed by atoms with van der Waals surface area (Å²) in [7, 11) is 0. The number of nitrogens with one attached hydrogen (secondary N) is 1. The van der Waals surface area contributed by atoms with Crippen LogP contribution in [0, 0.1) is 0 Å². The van der Waals surface area contributed by atoms with E-state index >= 15 is 0 Å². The summed E-state index contributed by atoms with van der Waals surface area (Å²) in [5.41, 5.74) is 0. The summed E-state index contributed by atoms with van der Waals surface area (Å²) >= 11 is 0. The van der Waals surface area contributed by atoms with Gasteiger partial charge < -0.3 is 20.1 Å². The van der Waals surface area contributed by atoms with Gasteiger partial charge in [0.25, 0.3) is 0 Å². The van der Waals surface area contributed by atoms with Crippen LogP contribution in [-0.2, 0) is 9.53 Å². The molecule has 114 valence electrons. The SMILES string of the molecule is CC[C@H](NC(=O)N1CCC(N2CCOCC2)C1)C(=O)O. The summed E-state index contributed by atoms with van der Waals surface area (Å²) in [6.07, 6.45) is 1.33. The maximum atomic E-state index is 12.1. The van der Waals surface area contributed by atoms with Crippen molar-refractivity contribution in [1.29, 1.82) is 0 Å². The number of carbonyl (C=O) groups is 2. The van der Waals surface area contributed by atoms with Crippen LogP contribution in [0.3, 0.4) is 0 Å². The van der Waals surface area contributed by atoms with Gasteiger partial charge in [-0.1, -0.05) is 6.92 Å². The number of rotatable bonds is 4. The zero-order valence-electron chi connectivity index (χ0n) is 11.9. The molecule has 2 heterocycles. The van der Waals surface area contributed by atoms with Crippen molar-refractivity contribution in [2.75, 3.05) is 39.4 Å². The molecule has 7 nitrogen and oxygen atoms in total. The lowest BCUT2D eigenvalue weighted by Crippen LogP contribution is -2.49. The number of aliphatic carboxylic acids is 1. The van der Waals surface area contributed by atoms with Gasteiger partial charge in [0.05, 0.1) is 13.2 Å². The third-order valence-electron chi connectivity index (χ3n) is 4.02. The first-order valence-electron chi connectivity index (χ1n) is 7.22. The van der Waals surface area contributed by atoms with Gasteiger partial charge in [-0.15, -0.1) is 0 Å². The van der Waals surface area contributed by atoms with E-state index in [1.165, 1.54) is 0 Å². The number of ether oxygens (including phenoxy) is 1. The molecule has 20 heavy (non-hydrogen) atoms. The van der Waals surface area contributed by atoms with Crippen LogP contribution in [0.5, 0.6) is 0 Å². The number of morpholine rings is 1. The van der Waals surface area contributed by atoms with Gasteiger partial charge in [0, 0.05) is 32.2 Å². The van der Waals surface area contributed by atoms with Crippen molar-refractivity contribution in [2.45, 2.75) is 31.8 Å². The van der Waals surface area contributed by atoms with Crippen molar-refractivity contribution in [3.05, 3.63) is 0 Å². The molecule has 2 saturated heterocycles. The van der Waals surface area contributed by atoms with Crippen LogP contribution in [0.25, 0.3) is 0 Å². The van der Waals surface area contributed by atoms with E-state index in [1.54, 1.807) is 11.8 Å². The molecule has 0 aromatic heterocycles. The van der Waals surface area contributed by atoms with Gasteiger partial charge >= 0.3 is 12.0 Å². The van der Waals surface area contributed by atoms with Gasteiger partial charge in [-0.05, 0) is 12.8 Å². The van der Waals surface area contributed by atoms with Crippen LogP contribution in [-0.4, -0.2) is 78.4 Å². The summed E-state index contributed by atoms with van der Waals surface area (Å²) in [6.45, 7) is 6.42. The Morgan fingerprint density at radius 3 is 2.65 bits per heavy atom. The quantitative estimate of drug-likeness (QED) is 0.758. The highest BCUT2D eigenvalue weighted by Crippen LogP contribution is 2.17. The van der Waals surface area contributed by atoms with Crippen molar-refractivity contribution >= 4 is 12.0 Å². The van der Waals surface area contributed by atoms with E-state index in [4.69, 9.17) is 9.84 Å². The molecule has 0 radical (unpaired) electrons. The second kappa shape index (κ2) is 6.90.